The first-order chi connectivity index (χ1) is 21.3. The van der Waals surface area contributed by atoms with E-state index in [0.717, 1.165) is 25.7 Å². The number of rotatable bonds is 32. The molecule has 0 spiro atoms. The van der Waals surface area contributed by atoms with E-state index < -0.39 is 23.9 Å². The molecule has 0 aromatic rings. The zero-order valence-electron chi connectivity index (χ0n) is 31.3. The summed E-state index contributed by atoms with van der Waals surface area (Å²) in [5, 5.41) is 9.91. The van der Waals surface area contributed by atoms with E-state index in [2.05, 4.69) is 19.2 Å². The SMILES string of the molecule is CCCCCCCCCCCCCCN(CCCCCCCCCCCC)C(=O)C(N)C(N)C(=O)C(N)CCCNC(=N)N.Cl.Cl.Cl.Cl.Cl.Cl. The van der Waals surface area contributed by atoms with Crippen LogP contribution >= 0.6 is 74.4 Å². The Hall–Kier alpha value is 0.0300. The van der Waals surface area contributed by atoms with Crippen molar-refractivity contribution < 1.29 is 9.59 Å². The van der Waals surface area contributed by atoms with Crippen LogP contribution in [0.15, 0.2) is 0 Å². The number of halogens is 6. The van der Waals surface area contributed by atoms with Gasteiger partial charge in [0.05, 0.1) is 12.1 Å². The highest BCUT2D eigenvalue weighted by molar-refractivity contribution is 5.95. The van der Waals surface area contributed by atoms with Crippen molar-refractivity contribution in [2.45, 2.75) is 186 Å². The highest BCUT2D eigenvalue weighted by atomic mass is 35.5. The molecule has 3 atom stereocenters. The Balaban J connectivity index is -0.000000616. The first kappa shape index (κ1) is 65.0. The highest BCUT2D eigenvalue weighted by Gasteiger charge is 2.32. The number of hydrogen-bond acceptors (Lipinski definition) is 6. The van der Waals surface area contributed by atoms with E-state index in [1.165, 1.54) is 116 Å². The van der Waals surface area contributed by atoms with Gasteiger partial charge in [0.2, 0.25) is 5.91 Å². The number of nitrogens with two attached hydrogens (primary N) is 4. The standard InChI is InChI=1S/C35H73N7O2.6ClH/c1-3-5-7-9-11-13-15-16-18-20-22-24-29-42(28-23-21-19-17-14-12-10-8-6-4-2)34(44)32(38)31(37)33(43)30(36)26-25-27-41-35(39)40;;;;;;/h30-32H,3-29,36-38H2,1-2H3,(H4,39,40,41);6*1H. The lowest BCUT2D eigenvalue weighted by Gasteiger charge is -2.29. The molecular formula is C35H79Cl6N7O2. The molecule has 0 fully saturated rings. The minimum Gasteiger partial charge on any atom is -0.370 e. The molecule has 10 N–H and O–H groups in total. The summed E-state index contributed by atoms with van der Waals surface area (Å²) in [5.74, 6) is -0.752. The van der Waals surface area contributed by atoms with Crippen LogP contribution in [-0.4, -0.2) is 60.3 Å². The predicted molar refractivity (Wildman–Crippen MR) is 231 cm³/mol. The Morgan fingerprint density at radius 2 is 0.860 bits per heavy atom. The van der Waals surface area contributed by atoms with Crippen molar-refractivity contribution in [3.05, 3.63) is 0 Å². The number of amides is 1. The Bertz CT molecular complexity index is 733. The minimum absolute atomic E-state index is 0. The van der Waals surface area contributed by atoms with Gasteiger partial charge in [-0.25, -0.2) is 0 Å². The molecule has 50 heavy (non-hydrogen) atoms. The van der Waals surface area contributed by atoms with Crippen LogP contribution in [0.4, 0.5) is 0 Å². The van der Waals surface area contributed by atoms with Gasteiger partial charge >= 0.3 is 0 Å². The van der Waals surface area contributed by atoms with E-state index in [1.54, 1.807) is 0 Å². The average Bonchev–Trinajstić information content (AvgIpc) is 3.01. The van der Waals surface area contributed by atoms with E-state index in [4.69, 9.17) is 28.3 Å². The van der Waals surface area contributed by atoms with Crippen molar-refractivity contribution in [3.8, 4) is 0 Å². The van der Waals surface area contributed by atoms with Crippen LogP contribution in [0.1, 0.15) is 168 Å². The largest absolute Gasteiger partial charge is 0.370 e. The third-order valence-corrected chi connectivity index (χ3v) is 8.75. The molecule has 0 radical (unpaired) electrons. The number of nitrogens with one attached hydrogen (secondary N) is 2. The van der Waals surface area contributed by atoms with Gasteiger partial charge in [0.1, 0.15) is 6.04 Å². The van der Waals surface area contributed by atoms with Crippen LogP contribution in [0.5, 0.6) is 0 Å². The summed E-state index contributed by atoms with van der Waals surface area (Å²) in [7, 11) is 0. The van der Waals surface area contributed by atoms with E-state index in [9.17, 15) is 9.59 Å². The Morgan fingerprint density at radius 3 is 1.18 bits per heavy atom. The first-order valence-electron chi connectivity index (χ1n) is 18.4. The monoisotopic (exact) mass is 839 g/mol. The Kier molecular flexibility index (Phi) is 61.1. The highest BCUT2D eigenvalue weighted by Crippen LogP contribution is 2.14. The van der Waals surface area contributed by atoms with Gasteiger partial charge in [-0.3, -0.25) is 15.0 Å². The maximum Gasteiger partial charge on any atom is 0.241 e. The molecule has 0 aromatic heterocycles. The lowest BCUT2D eigenvalue weighted by Crippen LogP contribution is -2.59. The quantitative estimate of drug-likeness (QED) is 0.0223. The lowest BCUT2D eigenvalue weighted by atomic mass is 9.96. The van der Waals surface area contributed by atoms with Crippen molar-refractivity contribution in [2.24, 2.45) is 22.9 Å². The maximum atomic E-state index is 13.5. The molecule has 3 unspecified atom stereocenters. The average molecular weight is 843 g/mol. The maximum absolute atomic E-state index is 13.5. The Morgan fingerprint density at radius 1 is 0.540 bits per heavy atom. The molecule has 0 aliphatic rings. The van der Waals surface area contributed by atoms with Crippen LogP contribution in [-0.2, 0) is 9.59 Å². The molecule has 9 nitrogen and oxygen atoms in total. The van der Waals surface area contributed by atoms with Gasteiger partial charge in [-0.2, -0.15) is 0 Å². The van der Waals surface area contributed by atoms with Gasteiger partial charge in [-0.1, -0.05) is 142 Å². The second-order valence-electron chi connectivity index (χ2n) is 12.9. The summed E-state index contributed by atoms with van der Waals surface area (Å²) in [6, 6.07) is -3.02. The normalized spacial score (nSPS) is 11.8. The molecule has 0 aliphatic carbocycles. The van der Waals surface area contributed by atoms with Crippen LogP contribution in [0, 0.1) is 5.41 Å². The number of Topliss-reactive ketones (excluding diaryl/α,β-unsaturated/α-hetero) is 1. The molecule has 0 aliphatic heterocycles. The van der Waals surface area contributed by atoms with Gasteiger partial charge in [-0.05, 0) is 25.7 Å². The molecule has 0 bridgehead atoms. The minimum atomic E-state index is -1.13. The van der Waals surface area contributed by atoms with Crippen molar-refractivity contribution in [3.63, 3.8) is 0 Å². The molecule has 0 aromatic carbocycles. The van der Waals surface area contributed by atoms with Gasteiger partial charge in [0, 0.05) is 19.6 Å². The number of hydrogen-bond donors (Lipinski definition) is 6. The topological polar surface area (TPSA) is 177 Å². The summed E-state index contributed by atoms with van der Waals surface area (Å²) in [6.45, 7) is 6.27. The van der Waals surface area contributed by atoms with Crippen LogP contribution in [0.3, 0.4) is 0 Å². The Labute approximate surface area is 344 Å². The molecule has 1 amide bonds. The van der Waals surface area contributed by atoms with E-state index in [-0.39, 0.29) is 86.3 Å². The zero-order valence-corrected chi connectivity index (χ0v) is 36.2. The predicted octanol–water partition coefficient (Wildman–Crippen LogP) is 8.78. The summed E-state index contributed by atoms with van der Waals surface area (Å²) in [6.07, 6.45) is 28.5. The number of nitrogens with zero attached hydrogens (tertiary/aromatic N) is 1. The molecular weight excluding hydrogens is 763 g/mol. The van der Waals surface area contributed by atoms with Crippen LogP contribution < -0.4 is 28.3 Å². The third-order valence-electron chi connectivity index (χ3n) is 8.75. The lowest BCUT2D eigenvalue weighted by molar-refractivity contribution is -0.136. The fourth-order valence-electron chi connectivity index (χ4n) is 5.74. The fourth-order valence-corrected chi connectivity index (χ4v) is 5.74. The summed E-state index contributed by atoms with van der Waals surface area (Å²) in [4.78, 5) is 28.2. The number of guanidine groups is 1. The smallest absolute Gasteiger partial charge is 0.241 e. The van der Waals surface area contributed by atoms with E-state index in [1.807, 2.05) is 4.90 Å². The zero-order chi connectivity index (χ0) is 32.8. The van der Waals surface area contributed by atoms with Crippen molar-refractivity contribution in [1.29, 1.82) is 5.41 Å². The summed E-state index contributed by atoms with van der Waals surface area (Å²) < 4.78 is 0. The number of ketones is 1. The second-order valence-corrected chi connectivity index (χ2v) is 12.9. The number of unbranched alkanes of at least 4 members (excludes halogenated alkanes) is 20. The van der Waals surface area contributed by atoms with Crippen LogP contribution in [0.2, 0.25) is 0 Å². The molecule has 0 rings (SSSR count). The fraction of sp³-hybridized carbons (Fsp3) is 0.914. The van der Waals surface area contributed by atoms with Crippen molar-refractivity contribution in [1.82, 2.24) is 10.2 Å². The molecule has 0 saturated carbocycles. The van der Waals surface area contributed by atoms with Gasteiger partial charge in [-0.15, -0.1) is 74.4 Å². The van der Waals surface area contributed by atoms with Gasteiger partial charge in [0.15, 0.2) is 11.7 Å². The summed E-state index contributed by atoms with van der Waals surface area (Å²) in [5.41, 5.74) is 23.9. The first-order valence-corrected chi connectivity index (χ1v) is 18.4. The van der Waals surface area contributed by atoms with E-state index in [0.29, 0.717) is 32.5 Å². The second kappa shape index (κ2) is 47.1. The van der Waals surface area contributed by atoms with Gasteiger partial charge < -0.3 is 33.2 Å². The molecule has 0 saturated heterocycles. The van der Waals surface area contributed by atoms with Crippen molar-refractivity contribution in [2.75, 3.05) is 19.6 Å². The molecule has 0 heterocycles. The van der Waals surface area contributed by atoms with E-state index >= 15 is 0 Å². The molecule has 15 heteroatoms. The number of carbonyl (C=O) groups is 2. The molecule has 308 valence electrons. The van der Waals surface area contributed by atoms with Crippen molar-refractivity contribution >= 4 is 92.1 Å². The van der Waals surface area contributed by atoms with Crippen LogP contribution in [0.25, 0.3) is 0 Å². The number of carbonyl (C=O) groups excluding carboxylic acids is 2. The summed E-state index contributed by atoms with van der Waals surface area (Å²) >= 11 is 0. The van der Waals surface area contributed by atoms with Gasteiger partial charge in [0.25, 0.3) is 0 Å². The third kappa shape index (κ3) is 37.8.